The SMILES string of the molecule is CCOC(=O)c1cnc(NN)c2n[nH]nc12. The van der Waals surface area contributed by atoms with Gasteiger partial charge in [0, 0.05) is 6.20 Å². The molecule has 0 spiro atoms. The van der Waals surface area contributed by atoms with Crippen molar-refractivity contribution in [2.75, 3.05) is 12.0 Å². The molecule has 2 rings (SSSR count). The first-order chi connectivity index (χ1) is 7.77. The lowest BCUT2D eigenvalue weighted by molar-refractivity contribution is 0.0528. The van der Waals surface area contributed by atoms with Crippen molar-refractivity contribution in [3.63, 3.8) is 0 Å². The fraction of sp³-hybridized carbons (Fsp3) is 0.250. The van der Waals surface area contributed by atoms with Gasteiger partial charge >= 0.3 is 5.97 Å². The van der Waals surface area contributed by atoms with Crippen molar-refractivity contribution in [1.82, 2.24) is 20.4 Å². The highest BCUT2D eigenvalue weighted by Crippen LogP contribution is 2.19. The number of fused-ring (bicyclic) bond motifs is 1. The van der Waals surface area contributed by atoms with Gasteiger partial charge in [0.15, 0.2) is 11.3 Å². The zero-order chi connectivity index (χ0) is 11.5. The van der Waals surface area contributed by atoms with E-state index in [2.05, 4.69) is 25.8 Å². The van der Waals surface area contributed by atoms with Gasteiger partial charge in [-0.2, -0.15) is 15.4 Å². The first kappa shape index (κ1) is 10.3. The lowest BCUT2D eigenvalue weighted by atomic mass is 10.2. The van der Waals surface area contributed by atoms with Gasteiger partial charge in [-0.3, -0.25) is 0 Å². The highest BCUT2D eigenvalue weighted by molar-refractivity contribution is 6.03. The molecule has 0 unspecified atom stereocenters. The van der Waals surface area contributed by atoms with Gasteiger partial charge in [-0.05, 0) is 6.92 Å². The van der Waals surface area contributed by atoms with Crippen molar-refractivity contribution in [2.45, 2.75) is 6.92 Å². The Balaban J connectivity index is 2.55. The van der Waals surface area contributed by atoms with Crippen LogP contribution in [0, 0.1) is 0 Å². The number of nitrogens with zero attached hydrogens (tertiary/aromatic N) is 3. The molecule has 0 aliphatic rings. The Hall–Kier alpha value is -2.22. The van der Waals surface area contributed by atoms with E-state index in [0.29, 0.717) is 16.9 Å². The molecule has 84 valence electrons. The number of ether oxygens (including phenoxy) is 1. The summed E-state index contributed by atoms with van der Waals surface area (Å²) < 4.78 is 4.87. The van der Waals surface area contributed by atoms with Gasteiger partial charge in [0.25, 0.3) is 0 Å². The summed E-state index contributed by atoms with van der Waals surface area (Å²) in [4.78, 5) is 15.5. The third-order valence-electron chi connectivity index (χ3n) is 1.98. The van der Waals surface area contributed by atoms with Crippen LogP contribution >= 0.6 is 0 Å². The molecular weight excluding hydrogens is 212 g/mol. The minimum Gasteiger partial charge on any atom is -0.462 e. The summed E-state index contributed by atoms with van der Waals surface area (Å²) in [6.07, 6.45) is 1.35. The number of aromatic nitrogens is 4. The van der Waals surface area contributed by atoms with E-state index >= 15 is 0 Å². The molecule has 2 heterocycles. The molecule has 0 radical (unpaired) electrons. The maximum atomic E-state index is 11.6. The number of esters is 1. The van der Waals surface area contributed by atoms with E-state index in [1.54, 1.807) is 6.92 Å². The summed E-state index contributed by atoms with van der Waals surface area (Å²) >= 11 is 0. The number of carbonyl (C=O) groups excluding carboxylic acids is 1. The van der Waals surface area contributed by atoms with Crippen molar-refractivity contribution >= 4 is 22.8 Å². The lowest BCUT2D eigenvalue weighted by Crippen LogP contribution is -2.11. The minimum atomic E-state index is -0.488. The molecule has 0 bridgehead atoms. The number of hydrazine groups is 1. The molecule has 4 N–H and O–H groups in total. The van der Waals surface area contributed by atoms with E-state index in [-0.39, 0.29) is 12.2 Å². The zero-order valence-electron chi connectivity index (χ0n) is 8.52. The number of nitrogen functional groups attached to an aromatic ring is 1. The Bertz CT molecular complexity index is 522. The maximum absolute atomic E-state index is 11.6. The molecule has 0 aliphatic heterocycles. The summed E-state index contributed by atoms with van der Waals surface area (Å²) in [5, 5.41) is 10.1. The summed E-state index contributed by atoms with van der Waals surface area (Å²) in [5.74, 6) is 5.11. The summed E-state index contributed by atoms with van der Waals surface area (Å²) in [6.45, 7) is 2.01. The van der Waals surface area contributed by atoms with Crippen molar-refractivity contribution in [2.24, 2.45) is 5.84 Å². The predicted octanol–water partition coefficient (Wildman–Crippen LogP) is -0.185. The van der Waals surface area contributed by atoms with E-state index in [1.165, 1.54) is 6.20 Å². The smallest absolute Gasteiger partial charge is 0.342 e. The number of pyridine rings is 1. The monoisotopic (exact) mass is 222 g/mol. The first-order valence-corrected chi connectivity index (χ1v) is 4.61. The fourth-order valence-electron chi connectivity index (χ4n) is 1.30. The number of anilines is 1. The van der Waals surface area contributed by atoms with Crippen LogP contribution in [-0.4, -0.2) is 33.0 Å². The Morgan fingerprint density at radius 2 is 2.31 bits per heavy atom. The zero-order valence-corrected chi connectivity index (χ0v) is 8.52. The molecule has 8 nitrogen and oxygen atoms in total. The van der Waals surface area contributed by atoms with Crippen LogP contribution in [0.5, 0.6) is 0 Å². The molecule has 2 aromatic heterocycles. The number of carbonyl (C=O) groups is 1. The second-order valence-electron chi connectivity index (χ2n) is 2.91. The summed E-state index contributed by atoms with van der Waals surface area (Å²) in [5.41, 5.74) is 3.40. The Labute approximate surface area is 90.1 Å². The Morgan fingerprint density at radius 3 is 3.00 bits per heavy atom. The van der Waals surface area contributed by atoms with Crippen LogP contribution in [0.15, 0.2) is 6.20 Å². The van der Waals surface area contributed by atoms with Crippen LogP contribution in [0.4, 0.5) is 5.82 Å². The van der Waals surface area contributed by atoms with Crippen LogP contribution < -0.4 is 11.3 Å². The van der Waals surface area contributed by atoms with E-state index in [9.17, 15) is 4.79 Å². The molecule has 0 aromatic carbocycles. The highest BCUT2D eigenvalue weighted by atomic mass is 16.5. The average molecular weight is 222 g/mol. The third-order valence-corrected chi connectivity index (χ3v) is 1.98. The normalized spacial score (nSPS) is 10.4. The van der Waals surface area contributed by atoms with Crippen molar-refractivity contribution < 1.29 is 9.53 Å². The van der Waals surface area contributed by atoms with Gasteiger partial charge in [0.05, 0.1) is 6.61 Å². The molecule has 0 aliphatic carbocycles. The first-order valence-electron chi connectivity index (χ1n) is 4.61. The quantitative estimate of drug-likeness (QED) is 0.374. The van der Waals surface area contributed by atoms with E-state index < -0.39 is 5.97 Å². The number of hydrogen-bond acceptors (Lipinski definition) is 7. The molecule has 0 atom stereocenters. The minimum absolute atomic E-state index is 0.254. The maximum Gasteiger partial charge on any atom is 0.342 e. The predicted molar refractivity (Wildman–Crippen MR) is 55.5 cm³/mol. The van der Waals surface area contributed by atoms with E-state index in [1.807, 2.05) is 0 Å². The Morgan fingerprint density at radius 1 is 1.56 bits per heavy atom. The van der Waals surface area contributed by atoms with Gasteiger partial charge in [0.2, 0.25) is 0 Å². The molecule has 8 heteroatoms. The second-order valence-corrected chi connectivity index (χ2v) is 2.91. The number of nitrogens with one attached hydrogen (secondary N) is 2. The van der Waals surface area contributed by atoms with Gasteiger partial charge in [-0.25, -0.2) is 15.6 Å². The number of hydrogen-bond donors (Lipinski definition) is 3. The standard InChI is InChI=1S/C8H10N6O2/c1-2-16-8(15)4-3-10-7(11-9)6-5(4)12-14-13-6/h3H,2,9H2,1H3,(H,10,11)(H,12,13,14). The Kier molecular flexibility index (Phi) is 2.64. The largest absolute Gasteiger partial charge is 0.462 e. The van der Waals surface area contributed by atoms with Crippen LogP contribution in [0.1, 0.15) is 17.3 Å². The fourth-order valence-corrected chi connectivity index (χ4v) is 1.30. The van der Waals surface area contributed by atoms with Crippen LogP contribution in [0.2, 0.25) is 0 Å². The van der Waals surface area contributed by atoms with Gasteiger partial charge < -0.3 is 10.2 Å². The van der Waals surface area contributed by atoms with Crippen LogP contribution in [0.25, 0.3) is 11.0 Å². The van der Waals surface area contributed by atoms with E-state index in [0.717, 1.165) is 0 Å². The molecule has 0 saturated carbocycles. The topological polar surface area (TPSA) is 119 Å². The second kappa shape index (κ2) is 4.11. The van der Waals surface area contributed by atoms with Crippen LogP contribution in [-0.2, 0) is 4.74 Å². The molecular formula is C8H10N6O2. The lowest BCUT2D eigenvalue weighted by Gasteiger charge is -2.03. The molecule has 0 amide bonds. The summed E-state index contributed by atoms with van der Waals surface area (Å²) in [7, 11) is 0. The molecule has 0 fully saturated rings. The molecule has 0 saturated heterocycles. The number of H-pyrrole nitrogens is 1. The molecule has 2 aromatic rings. The molecule has 16 heavy (non-hydrogen) atoms. The van der Waals surface area contributed by atoms with Gasteiger partial charge in [-0.15, -0.1) is 0 Å². The third kappa shape index (κ3) is 1.54. The number of aromatic amines is 1. The van der Waals surface area contributed by atoms with Crippen LogP contribution in [0.3, 0.4) is 0 Å². The van der Waals surface area contributed by atoms with E-state index in [4.69, 9.17) is 10.6 Å². The summed E-state index contributed by atoms with van der Waals surface area (Å²) in [6, 6.07) is 0. The highest BCUT2D eigenvalue weighted by Gasteiger charge is 2.17. The van der Waals surface area contributed by atoms with Crippen molar-refractivity contribution in [3.05, 3.63) is 11.8 Å². The van der Waals surface area contributed by atoms with Gasteiger partial charge in [-0.1, -0.05) is 0 Å². The van der Waals surface area contributed by atoms with Crippen molar-refractivity contribution in [3.8, 4) is 0 Å². The van der Waals surface area contributed by atoms with Crippen molar-refractivity contribution in [1.29, 1.82) is 0 Å². The van der Waals surface area contributed by atoms with Gasteiger partial charge in [0.1, 0.15) is 11.1 Å². The average Bonchev–Trinajstić information content (AvgIpc) is 2.76. The number of nitrogens with two attached hydrogens (primary N) is 1. The number of rotatable bonds is 3.